The van der Waals surface area contributed by atoms with Crippen LogP contribution in [0.25, 0.3) is 11.1 Å². The molecular weight excluding hydrogens is 354 g/mol. The minimum absolute atomic E-state index is 0.154. The lowest BCUT2D eigenvalue weighted by Gasteiger charge is -2.19. The smallest absolute Gasteiger partial charge is 0.325 e. The Kier molecular flexibility index (Phi) is 4.21. The Hall–Kier alpha value is -3.85. The minimum atomic E-state index is -1.20. The fourth-order valence-electron chi connectivity index (χ4n) is 3.38. The van der Waals surface area contributed by atoms with E-state index in [0.29, 0.717) is 11.3 Å². The van der Waals surface area contributed by atoms with Crippen molar-refractivity contribution in [3.63, 3.8) is 0 Å². The van der Waals surface area contributed by atoms with Gasteiger partial charge in [0.05, 0.1) is 24.4 Å². The standard InChI is InChI=1S/C22H17N3O3/c1-22(19-7-4-12-28-19)20(26)25(21(27)24-22)14-15-8-10-16(11-9-15)18-6-3-2-5-17(18)13-23/h2-12H,14H2,1H3,(H,24,27)/t22-/m1/s1. The summed E-state index contributed by atoms with van der Waals surface area (Å²) in [6.45, 7) is 1.79. The number of nitrogens with one attached hydrogen (secondary N) is 1. The van der Waals surface area contributed by atoms with E-state index in [1.165, 1.54) is 11.2 Å². The summed E-state index contributed by atoms with van der Waals surface area (Å²) >= 11 is 0. The van der Waals surface area contributed by atoms with E-state index in [1.54, 1.807) is 25.1 Å². The topological polar surface area (TPSA) is 86.3 Å². The molecule has 0 bridgehead atoms. The van der Waals surface area contributed by atoms with E-state index in [4.69, 9.17) is 4.42 Å². The number of furan rings is 1. The summed E-state index contributed by atoms with van der Waals surface area (Å²) in [6, 6.07) is 19.9. The predicted molar refractivity (Wildman–Crippen MR) is 102 cm³/mol. The molecule has 3 aromatic rings. The molecule has 2 heterocycles. The van der Waals surface area contributed by atoms with Crippen molar-refractivity contribution in [3.05, 3.63) is 83.8 Å². The van der Waals surface area contributed by atoms with Crippen LogP contribution in [0, 0.1) is 11.3 Å². The lowest BCUT2D eigenvalue weighted by atomic mass is 9.98. The van der Waals surface area contributed by atoms with Crippen LogP contribution >= 0.6 is 0 Å². The van der Waals surface area contributed by atoms with Crippen molar-refractivity contribution >= 4 is 11.9 Å². The summed E-state index contributed by atoms with van der Waals surface area (Å²) < 4.78 is 5.34. The van der Waals surface area contributed by atoms with Gasteiger partial charge in [0, 0.05) is 0 Å². The first-order valence-electron chi connectivity index (χ1n) is 8.79. The van der Waals surface area contributed by atoms with Gasteiger partial charge in [0.2, 0.25) is 0 Å². The second-order valence-electron chi connectivity index (χ2n) is 6.78. The van der Waals surface area contributed by atoms with E-state index in [0.717, 1.165) is 16.7 Å². The van der Waals surface area contributed by atoms with Crippen molar-refractivity contribution in [1.29, 1.82) is 5.26 Å². The predicted octanol–water partition coefficient (Wildman–Crippen LogP) is 3.79. The zero-order chi connectivity index (χ0) is 19.7. The van der Waals surface area contributed by atoms with E-state index in [2.05, 4.69) is 11.4 Å². The van der Waals surface area contributed by atoms with Crippen molar-refractivity contribution in [2.75, 3.05) is 0 Å². The molecule has 138 valence electrons. The molecule has 28 heavy (non-hydrogen) atoms. The van der Waals surface area contributed by atoms with Gasteiger partial charge in [-0.05, 0) is 41.8 Å². The van der Waals surface area contributed by atoms with Crippen LogP contribution in [-0.4, -0.2) is 16.8 Å². The molecule has 2 aromatic carbocycles. The number of amides is 3. The Morgan fingerprint density at radius 1 is 1.07 bits per heavy atom. The minimum Gasteiger partial charge on any atom is -0.466 e. The molecule has 1 aromatic heterocycles. The zero-order valence-corrected chi connectivity index (χ0v) is 15.2. The highest BCUT2D eigenvalue weighted by Gasteiger charge is 2.50. The highest BCUT2D eigenvalue weighted by atomic mass is 16.3. The summed E-state index contributed by atoms with van der Waals surface area (Å²) in [5, 5.41) is 12.0. The lowest BCUT2D eigenvalue weighted by Crippen LogP contribution is -2.40. The van der Waals surface area contributed by atoms with Gasteiger partial charge in [-0.2, -0.15) is 5.26 Å². The monoisotopic (exact) mass is 371 g/mol. The number of urea groups is 1. The Morgan fingerprint density at radius 2 is 1.82 bits per heavy atom. The third kappa shape index (κ3) is 2.83. The SMILES string of the molecule is C[C@]1(c2ccco2)NC(=O)N(Cc2ccc(-c3ccccc3C#N)cc2)C1=O. The summed E-state index contributed by atoms with van der Waals surface area (Å²) in [6.07, 6.45) is 1.47. The first-order valence-corrected chi connectivity index (χ1v) is 8.79. The van der Waals surface area contributed by atoms with E-state index >= 15 is 0 Å². The number of nitriles is 1. The van der Waals surface area contributed by atoms with Gasteiger partial charge >= 0.3 is 6.03 Å². The Morgan fingerprint density at radius 3 is 2.50 bits per heavy atom. The lowest BCUT2D eigenvalue weighted by molar-refractivity contribution is -0.132. The number of nitrogens with zero attached hydrogens (tertiary/aromatic N) is 2. The Labute approximate surface area is 162 Å². The first kappa shape index (κ1) is 17.6. The van der Waals surface area contributed by atoms with E-state index in [1.807, 2.05) is 42.5 Å². The fraction of sp³-hybridized carbons (Fsp3) is 0.136. The maximum atomic E-state index is 12.9. The van der Waals surface area contributed by atoms with Crippen LogP contribution in [-0.2, 0) is 16.9 Å². The van der Waals surface area contributed by atoms with Gasteiger partial charge in [-0.15, -0.1) is 0 Å². The van der Waals surface area contributed by atoms with Crippen LogP contribution in [0.15, 0.2) is 71.3 Å². The average Bonchev–Trinajstić information content (AvgIpc) is 3.33. The summed E-state index contributed by atoms with van der Waals surface area (Å²) in [5.74, 6) is 0.0446. The molecule has 3 amide bonds. The number of imide groups is 1. The van der Waals surface area contributed by atoms with Gasteiger partial charge in [-0.3, -0.25) is 9.69 Å². The van der Waals surface area contributed by atoms with E-state index in [-0.39, 0.29) is 12.5 Å². The molecule has 0 unspecified atom stereocenters. The molecule has 1 atom stereocenters. The van der Waals surface area contributed by atoms with Crippen molar-refractivity contribution in [2.45, 2.75) is 19.0 Å². The maximum Gasteiger partial charge on any atom is 0.325 e. The molecule has 6 nitrogen and oxygen atoms in total. The molecule has 0 radical (unpaired) electrons. The fourth-order valence-corrected chi connectivity index (χ4v) is 3.38. The molecule has 1 saturated heterocycles. The molecule has 1 aliphatic heterocycles. The molecule has 6 heteroatoms. The van der Waals surface area contributed by atoms with Gasteiger partial charge in [0.1, 0.15) is 5.76 Å². The third-order valence-electron chi connectivity index (χ3n) is 4.94. The number of carbonyl (C=O) groups is 2. The van der Waals surface area contributed by atoms with E-state index < -0.39 is 11.6 Å². The second-order valence-corrected chi connectivity index (χ2v) is 6.78. The maximum absolute atomic E-state index is 12.9. The third-order valence-corrected chi connectivity index (χ3v) is 4.94. The van der Waals surface area contributed by atoms with Crippen molar-refractivity contribution < 1.29 is 14.0 Å². The number of hydrogen-bond donors (Lipinski definition) is 1. The average molecular weight is 371 g/mol. The summed E-state index contributed by atoms with van der Waals surface area (Å²) in [5.41, 5.74) is 1.95. The van der Waals surface area contributed by atoms with Gasteiger partial charge in [0.15, 0.2) is 5.54 Å². The molecule has 1 N–H and O–H groups in total. The molecule has 0 spiro atoms. The number of benzene rings is 2. The summed E-state index contributed by atoms with van der Waals surface area (Å²) in [4.78, 5) is 26.4. The van der Waals surface area contributed by atoms with Crippen LogP contribution in [0.1, 0.15) is 23.8 Å². The normalized spacial score (nSPS) is 18.8. The molecular formula is C22H17N3O3. The van der Waals surface area contributed by atoms with Crippen molar-refractivity contribution in [3.8, 4) is 17.2 Å². The zero-order valence-electron chi connectivity index (χ0n) is 15.2. The number of hydrogen-bond acceptors (Lipinski definition) is 4. The van der Waals surface area contributed by atoms with Crippen LogP contribution in [0.5, 0.6) is 0 Å². The Balaban J connectivity index is 1.56. The molecule has 0 saturated carbocycles. The number of carbonyl (C=O) groups excluding carboxylic acids is 2. The van der Waals surface area contributed by atoms with Gasteiger partial charge in [-0.1, -0.05) is 42.5 Å². The van der Waals surface area contributed by atoms with Crippen LogP contribution < -0.4 is 5.32 Å². The molecule has 0 aliphatic carbocycles. The van der Waals surface area contributed by atoms with Gasteiger partial charge < -0.3 is 9.73 Å². The molecule has 1 fully saturated rings. The number of rotatable bonds is 4. The van der Waals surface area contributed by atoms with E-state index in [9.17, 15) is 14.9 Å². The highest BCUT2D eigenvalue weighted by Crippen LogP contribution is 2.30. The molecule has 4 rings (SSSR count). The van der Waals surface area contributed by atoms with Crippen LogP contribution in [0.3, 0.4) is 0 Å². The quantitative estimate of drug-likeness (QED) is 0.707. The summed E-state index contributed by atoms with van der Waals surface area (Å²) in [7, 11) is 0. The second kappa shape index (κ2) is 6.71. The van der Waals surface area contributed by atoms with Crippen molar-refractivity contribution in [2.24, 2.45) is 0 Å². The van der Waals surface area contributed by atoms with Gasteiger partial charge in [-0.25, -0.2) is 4.79 Å². The van der Waals surface area contributed by atoms with Crippen LogP contribution in [0.2, 0.25) is 0 Å². The first-order chi connectivity index (χ1) is 13.5. The highest BCUT2D eigenvalue weighted by molar-refractivity contribution is 6.06. The van der Waals surface area contributed by atoms with Crippen molar-refractivity contribution in [1.82, 2.24) is 10.2 Å². The Bertz CT molecular complexity index is 1080. The van der Waals surface area contributed by atoms with Crippen LogP contribution in [0.4, 0.5) is 4.79 Å². The molecule has 1 aliphatic rings. The largest absolute Gasteiger partial charge is 0.466 e. The van der Waals surface area contributed by atoms with Gasteiger partial charge in [0.25, 0.3) is 5.91 Å².